The number of halogens is 2. The molecule has 0 aliphatic carbocycles. The summed E-state index contributed by atoms with van der Waals surface area (Å²) < 4.78 is 2.14. The monoisotopic (exact) mass is 368 g/mol. The van der Waals surface area contributed by atoms with Crippen LogP contribution < -0.4 is 10.6 Å². The maximum atomic E-state index is 11.8. The molecule has 1 amide bonds. The second-order valence-electron chi connectivity index (χ2n) is 5.15. The largest absolute Gasteiger partial charge is 0.356 e. The minimum Gasteiger partial charge on any atom is -0.356 e. The first-order valence-electron chi connectivity index (χ1n) is 7.31. The van der Waals surface area contributed by atoms with Crippen LogP contribution in [0.5, 0.6) is 0 Å². The lowest BCUT2D eigenvalue weighted by atomic mass is 10.2. The van der Waals surface area contributed by atoms with E-state index in [9.17, 15) is 4.79 Å². The van der Waals surface area contributed by atoms with E-state index in [0.717, 1.165) is 49.8 Å². The highest BCUT2D eigenvalue weighted by atomic mass is 35.5. The molecule has 1 aliphatic heterocycles. The number of rotatable bonds is 7. The van der Waals surface area contributed by atoms with Gasteiger partial charge in [-0.15, -0.1) is 24.8 Å². The summed E-state index contributed by atoms with van der Waals surface area (Å²) in [6.07, 6.45) is 6.51. The van der Waals surface area contributed by atoms with Crippen LogP contribution in [-0.4, -0.2) is 46.1 Å². The van der Waals surface area contributed by atoms with E-state index in [-0.39, 0.29) is 30.7 Å². The van der Waals surface area contributed by atoms with Gasteiger partial charge in [0.15, 0.2) is 0 Å². The van der Waals surface area contributed by atoms with Gasteiger partial charge < -0.3 is 15.2 Å². The number of carbonyl (C=O) groups is 1. The zero-order chi connectivity index (χ0) is 14.2. The Balaban J connectivity index is 0.00000220. The second-order valence-corrected chi connectivity index (χ2v) is 6.30. The van der Waals surface area contributed by atoms with Crippen molar-refractivity contribution in [3.8, 4) is 0 Å². The van der Waals surface area contributed by atoms with Gasteiger partial charge in [0.1, 0.15) is 5.82 Å². The molecule has 1 aromatic heterocycles. The van der Waals surface area contributed by atoms with Gasteiger partial charge in [-0.2, -0.15) is 11.8 Å². The predicted octanol–water partition coefficient (Wildman–Crippen LogP) is 2.03. The molecule has 2 heterocycles. The Morgan fingerprint density at radius 2 is 2.32 bits per heavy atom. The van der Waals surface area contributed by atoms with Crippen molar-refractivity contribution in [2.45, 2.75) is 38.8 Å². The molecule has 0 saturated carbocycles. The van der Waals surface area contributed by atoms with Gasteiger partial charge in [-0.3, -0.25) is 4.79 Å². The molecule has 2 rings (SSSR count). The molecule has 5 nitrogen and oxygen atoms in total. The van der Waals surface area contributed by atoms with Gasteiger partial charge in [0, 0.05) is 56.0 Å². The standard InChI is InChI=1S/C14H24N4OS.2ClH/c1-12-15-5-8-18(12)7-3-2-4-17-14(19)10-13-11-20-9-6-16-13;;/h5,8,13,16H,2-4,6-7,9-11H2,1H3,(H,17,19);2*1H. The highest BCUT2D eigenvalue weighted by Crippen LogP contribution is 2.09. The number of aromatic nitrogens is 2. The first kappa shape index (κ1) is 21.6. The van der Waals surface area contributed by atoms with Crippen molar-refractivity contribution in [1.29, 1.82) is 0 Å². The van der Waals surface area contributed by atoms with Crippen LogP contribution in [0.2, 0.25) is 0 Å². The average Bonchev–Trinajstić information content (AvgIpc) is 2.85. The Bertz CT molecular complexity index is 425. The van der Waals surface area contributed by atoms with E-state index in [2.05, 4.69) is 20.2 Å². The first-order chi connectivity index (χ1) is 9.75. The fourth-order valence-corrected chi connectivity index (χ4v) is 3.27. The topological polar surface area (TPSA) is 59.0 Å². The lowest BCUT2D eigenvalue weighted by Gasteiger charge is -2.22. The van der Waals surface area contributed by atoms with Crippen molar-refractivity contribution in [1.82, 2.24) is 20.2 Å². The molecule has 128 valence electrons. The number of aryl methyl sites for hydroxylation is 2. The number of nitrogens with one attached hydrogen (secondary N) is 2. The fourth-order valence-electron chi connectivity index (χ4n) is 2.32. The molecule has 1 aromatic rings. The van der Waals surface area contributed by atoms with Crippen LogP contribution >= 0.6 is 36.6 Å². The molecule has 0 bridgehead atoms. The van der Waals surface area contributed by atoms with Crippen LogP contribution in [0.25, 0.3) is 0 Å². The van der Waals surface area contributed by atoms with Crippen LogP contribution in [-0.2, 0) is 11.3 Å². The second kappa shape index (κ2) is 12.0. The summed E-state index contributed by atoms with van der Waals surface area (Å²) in [6.45, 7) is 4.78. The number of carbonyl (C=O) groups excluding carboxylic acids is 1. The fraction of sp³-hybridized carbons (Fsp3) is 0.714. The Morgan fingerprint density at radius 1 is 1.50 bits per heavy atom. The van der Waals surface area contributed by atoms with Crippen molar-refractivity contribution in [3.63, 3.8) is 0 Å². The Kier molecular flexibility index (Phi) is 11.8. The number of unbranched alkanes of at least 4 members (excludes halogenated alkanes) is 1. The molecular weight excluding hydrogens is 343 g/mol. The molecule has 1 fully saturated rings. The summed E-state index contributed by atoms with van der Waals surface area (Å²) in [4.78, 5) is 16.0. The minimum absolute atomic E-state index is 0. The SMILES string of the molecule is Cc1nccn1CCCCNC(=O)CC1CSCCN1.Cl.Cl. The number of imidazole rings is 1. The van der Waals surface area contributed by atoms with Crippen molar-refractivity contribution in [3.05, 3.63) is 18.2 Å². The average molecular weight is 369 g/mol. The van der Waals surface area contributed by atoms with E-state index in [1.165, 1.54) is 0 Å². The summed E-state index contributed by atoms with van der Waals surface area (Å²) in [6, 6.07) is 0.349. The van der Waals surface area contributed by atoms with Gasteiger partial charge in [0.2, 0.25) is 5.91 Å². The van der Waals surface area contributed by atoms with Crippen LogP contribution in [0, 0.1) is 6.92 Å². The molecule has 1 unspecified atom stereocenters. The lowest BCUT2D eigenvalue weighted by molar-refractivity contribution is -0.121. The maximum Gasteiger partial charge on any atom is 0.221 e. The van der Waals surface area contributed by atoms with E-state index < -0.39 is 0 Å². The molecular formula is C14H26Cl2N4OS. The maximum absolute atomic E-state index is 11.8. The molecule has 22 heavy (non-hydrogen) atoms. The van der Waals surface area contributed by atoms with E-state index in [0.29, 0.717) is 12.5 Å². The molecule has 0 aromatic carbocycles. The van der Waals surface area contributed by atoms with E-state index in [1.54, 1.807) is 0 Å². The Hall–Kier alpha value is -0.430. The normalized spacial score (nSPS) is 17.2. The number of nitrogens with zero attached hydrogens (tertiary/aromatic N) is 2. The molecule has 1 saturated heterocycles. The molecule has 1 aliphatic rings. The zero-order valence-corrected chi connectivity index (χ0v) is 15.4. The van der Waals surface area contributed by atoms with E-state index >= 15 is 0 Å². The number of hydrogen-bond donors (Lipinski definition) is 2. The van der Waals surface area contributed by atoms with Crippen molar-refractivity contribution in [2.24, 2.45) is 0 Å². The number of hydrogen-bond acceptors (Lipinski definition) is 4. The third-order valence-corrected chi connectivity index (χ3v) is 4.63. The van der Waals surface area contributed by atoms with Gasteiger partial charge in [0.05, 0.1) is 0 Å². The van der Waals surface area contributed by atoms with Crippen LogP contribution in [0.15, 0.2) is 12.4 Å². The van der Waals surface area contributed by atoms with Crippen molar-refractivity contribution in [2.75, 3.05) is 24.6 Å². The highest BCUT2D eigenvalue weighted by molar-refractivity contribution is 7.99. The molecule has 2 N–H and O–H groups in total. The van der Waals surface area contributed by atoms with Crippen molar-refractivity contribution >= 4 is 42.5 Å². The van der Waals surface area contributed by atoms with Gasteiger partial charge in [-0.1, -0.05) is 0 Å². The summed E-state index contributed by atoms with van der Waals surface area (Å²) in [5.41, 5.74) is 0. The number of amides is 1. The smallest absolute Gasteiger partial charge is 0.221 e. The zero-order valence-electron chi connectivity index (χ0n) is 12.9. The van der Waals surface area contributed by atoms with Crippen molar-refractivity contribution < 1.29 is 4.79 Å². The van der Waals surface area contributed by atoms with Gasteiger partial charge >= 0.3 is 0 Å². The molecule has 0 radical (unpaired) electrons. The Labute approximate surface area is 149 Å². The summed E-state index contributed by atoms with van der Waals surface area (Å²) in [7, 11) is 0. The summed E-state index contributed by atoms with van der Waals surface area (Å²) in [5, 5.41) is 6.40. The van der Waals surface area contributed by atoms with Crippen LogP contribution in [0.3, 0.4) is 0 Å². The quantitative estimate of drug-likeness (QED) is 0.722. The molecule has 0 spiro atoms. The third-order valence-electron chi connectivity index (χ3n) is 3.50. The number of thioether (sulfide) groups is 1. The third kappa shape index (κ3) is 7.72. The van der Waals surface area contributed by atoms with Crippen LogP contribution in [0.4, 0.5) is 0 Å². The van der Waals surface area contributed by atoms with Gasteiger partial charge in [-0.05, 0) is 19.8 Å². The van der Waals surface area contributed by atoms with E-state index in [1.807, 2.05) is 31.1 Å². The first-order valence-corrected chi connectivity index (χ1v) is 8.47. The Morgan fingerprint density at radius 3 is 2.95 bits per heavy atom. The highest BCUT2D eigenvalue weighted by Gasteiger charge is 2.16. The molecule has 8 heteroatoms. The lowest BCUT2D eigenvalue weighted by Crippen LogP contribution is -2.41. The predicted molar refractivity (Wildman–Crippen MR) is 97.4 cm³/mol. The molecule has 1 atom stereocenters. The van der Waals surface area contributed by atoms with Crippen LogP contribution in [0.1, 0.15) is 25.1 Å². The summed E-state index contributed by atoms with van der Waals surface area (Å²) >= 11 is 1.93. The van der Waals surface area contributed by atoms with Gasteiger partial charge in [-0.25, -0.2) is 4.98 Å². The van der Waals surface area contributed by atoms with E-state index in [4.69, 9.17) is 0 Å². The summed E-state index contributed by atoms with van der Waals surface area (Å²) in [5.74, 6) is 3.43. The van der Waals surface area contributed by atoms with Gasteiger partial charge in [0.25, 0.3) is 0 Å². The minimum atomic E-state index is 0.